The molecular weight excluding hydrogens is 394 g/mol. The first-order valence-electron chi connectivity index (χ1n) is 11.1. The largest absolute Gasteiger partial charge is 0.343 e. The Labute approximate surface area is 182 Å². The summed E-state index contributed by atoms with van der Waals surface area (Å²) in [7, 11) is 0. The number of H-pyrrole nitrogens is 1. The number of aryl methyl sites for hydroxylation is 2. The summed E-state index contributed by atoms with van der Waals surface area (Å²) in [4.78, 5) is 37.7. The van der Waals surface area contributed by atoms with E-state index >= 15 is 0 Å². The number of nitrogens with zero attached hydrogens (tertiary/aromatic N) is 5. The zero-order valence-corrected chi connectivity index (χ0v) is 18.5. The molecule has 2 aliphatic rings. The van der Waals surface area contributed by atoms with Crippen LogP contribution in [-0.4, -0.2) is 68.0 Å². The molecule has 2 N–H and O–H groups in total. The van der Waals surface area contributed by atoms with E-state index in [4.69, 9.17) is 0 Å². The lowest BCUT2D eigenvalue weighted by atomic mass is 9.90. The minimum Gasteiger partial charge on any atom is -0.343 e. The molecular formula is C22H31N7O2. The molecule has 0 bridgehead atoms. The molecule has 2 aliphatic heterocycles. The van der Waals surface area contributed by atoms with Gasteiger partial charge < -0.3 is 15.1 Å². The Bertz CT molecular complexity index is 949. The highest BCUT2D eigenvalue weighted by Crippen LogP contribution is 2.30. The Morgan fingerprint density at radius 1 is 1.03 bits per heavy atom. The Hall–Kier alpha value is -2.97. The van der Waals surface area contributed by atoms with Crippen molar-refractivity contribution in [3.8, 4) is 0 Å². The fourth-order valence-corrected chi connectivity index (χ4v) is 4.60. The van der Waals surface area contributed by atoms with Gasteiger partial charge in [-0.3, -0.25) is 14.7 Å². The highest BCUT2D eigenvalue weighted by molar-refractivity contribution is 5.80. The van der Waals surface area contributed by atoms with Gasteiger partial charge in [0.2, 0.25) is 11.8 Å². The van der Waals surface area contributed by atoms with Crippen LogP contribution >= 0.6 is 0 Å². The quantitative estimate of drug-likeness (QED) is 0.780. The first-order valence-corrected chi connectivity index (χ1v) is 11.1. The van der Waals surface area contributed by atoms with Crippen LogP contribution in [0.3, 0.4) is 0 Å². The highest BCUT2D eigenvalue weighted by Gasteiger charge is 2.32. The van der Waals surface area contributed by atoms with E-state index in [0.717, 1.165) is 49.4 Å². The van der Waals surface area contributed by atoms with Crippen LogP contribution in [-0.2, 0) is 9.59 Å². The molecule has 2 aromatic heterocycles. The van der Waals surface area contributed by atoms with Crippen LogP contribution in [0.25, 0.3) is 0 Å². The number of hydrogen-bond donors (Lipinski definition) is 2. The van der Waals surface area contributed by atoms with E-state index in [9.17, 15) is 9.59 Å². The van der Waals surface area contributed by atoms with E-state index in [1.165, 1.54) is 0 Å². The van der Waals surface area contributed by atoms with Crippen molar-refractivity contribution in [1.29, 1.82) is 0 Å². The van der Waals surface area contributed by atoms with Crippen molar-refractivity contribution in [3.63, 3.8) is 0 Å². The van der Waals surface area contributed by atoms with Gasteiger partial charge in [-0.1, -0.05) is 0 Å². The first kappa shape index (κ1) is 21.3. The van der Waals surface area contributed by atoms with Gasteiger partial charge in [0, 0.05) is 62.8 Å². The van der Waals surface area contributed by atoms with E-state index < -0.39 is 0 Å². The fourth-order valence-electron chi connectivity index (χ4n) is 4.60. The van der Waals surface area contributed by atoms with E-state index in [0.29, 0.717) is 31.3 Å². The predicted molar refractivity (Wildman–Crippen MR) is 117 cm³/mol. The minimum atomic E-state index is 0.0154. The SMILES string of the molecule is CC(=O)N1CCC(C(=O)N2CCC[C@H](c3cc(Nc4cc(C)[nH]n4)nc(C)n3)C2)CC1. The van der Waals surface area contributed by atoms with Gasteiger partial charge >= 0.3 is 0 Å². The Morgan fingerprint density at radius 3 is 2.48 bits per heavy atom. The number of nitrogens with one attached hydrogen (secondary N) is 2. The summed E-state index contributed by atoms with van der Waals surface area (Å²) in [5, 5.41) is 10.4. The maximum Gasteiger partial charge on any atom is 0.225 e. The summed E-state index contributed by atoms with van der Waals surface area (Å²) in [6.45, 7) is 8.27. The number of aromatic nitrogens is 4. The van der Waals surface area contributed by atoms with Crippen LogP contribution in [0.5, 0.6) is 0 Å². The normalized spacial score (nSPS) is 20.0. The number of likely N-dealkylation sites (tertiary alicyclic amines) is 2. The summed E-state index contributed by atoms with van der Waals surface area (Å²) in [5.74, 6) is 2.67. The van der Waals surface area contributed by atoms with Crippen LogP contribution in [0.2, 0.25) is 0 Å². The molecule has 2 saturated heterocycles. The first-order chi connectivity index (χ1) is 14.9. The number of carbonyl (C=O) groups excluding carboxylic acids is 2. The molecule has 0 aromatic carbocycles. The molecule has 0 radical (unpaired) electrons. The van der Waals surface area contributed by atoms with Crippen molar-refractivity contribution >= 4 is 23.5 Å². The van der Waals surface area contributed by atoms with Crippen LogP contribution in [0.15, 0.2) is 12.1 Å². The van der Waals surface area contributed by atoms with Gasteiger partial charge in [0.15, 0.2) is 5.82 Å². The third kappa shape index (κ3) is 5.03. The van der Waals surface area contributed by atoms with E-state index in [1.54, 1.807) is 6.92 Å². The zero-order chi connectivity index (χ0) is 22.0. The van der Waals surface area contributed by atoms with Gasteiger partial charge in [-0.05, 0) is 39.5 Å². The van der Waals surface area contributed by atoms with Gasteiger partial charge in [-0.15, -0.1) is 0 Å². The average Bonchev–Trinajstić information content (AvgIpc) is 3.17. The lowest BCUT2D eigenvalue weighted by Crippen LogP contribution is -2.46. The lowest BCUT2D eigenvalue weighted by Gasteiger charge is -2.37. The molecule has 1 atom stereocenters. The number of rotatable bonds is 4. The summed E-state index contributed by atoms with van der Waals surface area (Å²) in [6, 6.07) is 3.90. The average molecular weight is 426 g/mol. The topological polar surface area (TPSA) is 107 Å². The van der Waals surface area contributed by atoms with Crippen molar-refractivity contribution in [2.24, 2.45) is 5.92 Å². The summed E-state index contributed by atoms with van der Waals surface area (Å²) < 4.78 is 0. The van der Waals surface area contributed by atoms with Crippen LogP contribution < -0.4 is 5.32 Å². The highest BCUT2D eigenvalue weighted by atomic mass is 16.2. The molecule has 0 spiro atoms. The number of piperidine rings is 2. The summed E-state index contributed by atoms with van der Waals surface area (Å²) in [5.41, 5.74) is 1.94. The van der Waals surface area contributed by atoms with Crippen molar-refractivity contribution < 1.29 is 9.59 Å². The Morgan fingerprint density at radius 2 is 1.81 bits per heavy atom. The van der Waals surface area contributed by atoms with E-state index in [2.05, 4.69) is 25.5 Å². The standard InChI is InChI=1S/C22H31N7O2/c1-14-11-21(27-26-14)25-20-12-19(23-15(2)24-20)18-5-4-8-29(13-18)22(31)17-6-9-28(10-7-17)16(3)30/h11-12,17-18H,4-10,13H2,1-3H3,(H2,23,24,25,26,27)/t18-/m0/s1. The lowest BCUT2D eigenvalue weighted by molar-refractivity contribution is -0.141. The zero-order valence-electron chi connectivity index (χ0n) is 18.5. The second-order valence-electron chi connectivity index (χ2n) is 8.69. The van der Waals surface area contributed by atoms with Gasteiger partial charge in [-0.25, -0.2) is 9.97 Å². The minimum absolute atomic E-state index is 0.0154. The van der Waals surface area contributed by atoms with Crippen molar-refractivity contribution in [2.75, 3.05) is 31.5 Å². The second-order valence-corrected chi connectivity index (χ2v) is 8.69. The van der Waals surface area contributed by atoms with Gasteiger partial charge in [-0.2, -0.15) is 5.10 Å². The summed E-state index contributed by atoms with van der Waals surface area (Å²) in [6.07, 6.45) is 3.48. The fraction of sp³-hybridized carbons (Fsp3) is 0.591. The number of anilines is 2. The number of carbonyl (C=O) groups is 2. The molecule has 9 nitrogen and oxygen atoms in total. The molecule has 2 fully saturated rings. The maximum atomic E-state index is 13.1. The number of hydrogen-bond acceptors (Lipinski definition) is 6. The van der Waals surface area contributed by atoms with Crippen LogP contribution in [0.1, 0.15) is 55.7 Å². The maximum absolute atomic E-state index is 13.1. The molecule has 0 unspecified atom stereocenters. The molecule has 31 heavy (non-hydrogen) atoms. The second kappa shape index (κ2) is 9.03. The van der Waals surface area contributed by atoms with Crippen molar-refractivity contribution in [1.82, 2.24) is 30.0 Å². The monoisotopic (exact) mass is 425 g/mol. The van der Waals surface area contributed by atoms with Gasteiger partial charge in [0.05, 0.1) is 5.69 Å². The smallest absolute Gasteiger partial charge is 0.225 e. The van der Waals surface area contributed by atoms with Gasteiger partial charge in [0.25, 0.3) is 0 Å². The van der Waals surface area contributed by atoms with Crippen molar-refractivity contribution in [3.05, 3.63) is 29.3 Å². The third-order valence-corrected chi connectivity index (χ3v) is 6.26. The molecule has 4 rings (SSSR count). The number of amides is 2. The molecule has 2 aromatic rings. The van der Waals surface area contributed by atoms with E-state index in [-0.39, 0.29) is 23.7 Å². The van der Waals surface area contributed by atoms with Crippen molar-refractivity contribution in [2.45, 2.75) is 52.4 Å². The third-order valence-electron chi connectivity index (χ3n) is 6.26. The number of aromatic amines is 1. The van der Waals surface area contributed by atoms with Gasteiger partial charge in [0.1, 0.15) is 11.6 Å². The van der Waals surface area contributed by atoms with E-state index in [1.807, 2.05) is 35.8 Å². The Balaban J connectivity index is 1.42. The molecule has 166 valence electrons. The molecule has 2 amide bonds. The molecule has 0 aliphatic carbocycles. The molecule has 9 heteroatoms. The van der Waals surface area contributed by atoms with Crippen LogP contribution in [0, 0.1) is 19.8 Å². The summed E-state index contributed by atoms with van der Waals surface area (Å²) >= 11 is 0. The molecule has 4 heterocycles. The molecule has 0 saturated carbocycles. The van der Waals surface area contributed by atoms with Crippen LogP contribution in [0.4, 0.5) is 11.6 Å². The predicted octanol–water partition coefficient (Wildman–Crippen LogP) is 2.52. The Kier molecular flexibility index (Phi) is 6.20.